The van der Waals surface area contributed by atoms with Gasteiger partial charge in [-0.1, -0.05) is 13.2 Å². The van der Waals surface area contributed by atoms with Gasteiger partial charge in [0.1, 0.15) is 50.2 Å². The highest BCUT2D eigenvalue weighted by atomic mass is 16.6. The van der Waals surface area contributed by atoms with Crippen molar-refractivity contribution >= 4 is 11.9 Å². The lowest BCUT2D eigenvalue weighted by molar-refractivity contribution is -0.143. The second kappa shape index (κ2) is 12.9. The molecular formula is C20H28O9. The number of rotatable bonds is 14. The maximum Gasteiger partial charge on any atom is 0.333 e. The fraction of sp³-hybridized carbons (Fsp3) is 0.500. The molecule has 1 heterocycles. The molecule has 29 heavy (non-hydrogen) atoms. The Labute approximate surface area is 169 Å². The van der Waals surface area contributed by atoms with Gasteiger partial charge in [0.05, 0.1) is 13.2 Å². The lowest BCUT2D eigenvalue weighted by Gasteiger charge is -2.11. The summed E-state index contributed by atoms with van der Waals surface area (Å²) in [6.07, 6.45) is -1.92. The number of hydrogen-bond donors (Lipinski definition) is 2. The van der Waals surface area contributed by atoms with E-state index >= 15 is 0 Å². The molecule has 0 aliphatic rings. The van der Waals surface area contributed by atoms with E-state index in [1.54, 1.807) is 12.1 Å². The second-order valence-corrected chi connectivity index (χ2v) is 6.46. The zero-order valence-electron chi connectivity index (χ0n) is 16.7. The van der Waals surface area contributed by atoms with Gasteiger partial charge >= 0.3 is 11.9 Å². The molecule has 0 bridgehead atoms. The van der Waals surface area contributed by atoms with E-state index in [-0.39, 0.29) is 50.8 Å². The van der Waals surface area contributed by atoms with Crippen LogP contribution in [0.25, 0.3) is 0 Å². The molecule has 0 spiro atoms. The molecule has 0 aromatic carbocycles. The summed E-state index contributed by atoms with van der Waals surface area (Å²) in [5.74, 6) is -0.103. The number of hydrogen-bond acceptors (Lipinski definition) is 9. The first-order valence-corrected chi connectivity index (χ1v) is 8.93. The number of carbonyl (C=O) groups is 2. The Morgan fingerprint density at radius 2 is 1.24 bits per heavy atom. The molecule has 0 radical (unpaired) electrons. The molecule has 0 amide bonds. The van der Waals surface area contributed by atoms with Gasteiger partial charge in [0.15, 0.2) is 0 Å². The molecule has 2 atom stereocenters. The molecule has 2 N–H and O–H groups in total. The topological polar surface area (TPSA) is 125 Å². The van der Waals surface area contributed by atoms with Crippen molar-refractivity contribution < 1.29 is 43.2 Å². The molecule has 9 nitrogen and oxygen atoms in total. The molecule has 162 valence electrons. The van der Waals surface area contributed by atoms with Crippen LogP contribution in [0.15, 0.2) is 40.9 Å². The van der Waals surface area contributed by atoms with Crippen LogP contribution in [0.3, 0.4) is 0 Å². The van der Waals surface area contributed by atoms with Crippen molar-refractivity contribution in [2.75, 3.05) is 26.4 Å². The summed E-state index contributed by atoms with van der Waals surface area (Å²) >= 11 is 0. The van der Waals surface area contributed by atoms with Crippen LogP contribution >= 0.6 is 0 Å². The van der Waals surface area contributed by atoms with E-state index in [1.165, 1.54) is 13.8 Å². The molecule has 9 heteroatoms. The number of esters is 2. The SMILES string of the molecule is C=C(C)C(=O)OCC(O)COCc1ccc(COCC(O)COC(=O)C(=C)C)o1. The number of carbonyl (C=O) groups excluding carboxylic acids is 2. The van der Waals surface area contributed by atoms with Gasteiger partial charge in [-0.25, -0.2) is 9.59 Å². The smallest absolute Gasteiger partial charge is 0.333 e. The van der Waals surface area contributed by atoms with Crippen molar-refractivity contribution in [1.82, 2.24) is 0 Å². The lowest BCUT2D eigenvalue weighted by atomic mass is 10.3. The monoisotopic (exact) mass is 412 g/mol. The predicted molar refractivity (Wildman–Crippen MR) is 102 cm³/mol. The van der Waals surface area contributed by atoms with Gasteiger partial charge in [0.25, 0.3) is 0 Å². The largest absolute Gasteiger partial charge is 0.461 e. The zero-order valence-corrected chi connectivity index (χ0v) is 16.7. The number of aliphatic hydroxyl groups is 2. The van der Waals surface area contributed by atoms with Gasteiger partial charge < -0.3 is 33.6 Å². The van der Waals surface area contributed by atoms with Gasteiger partial charge in [-0.2, -0.15) is 0 Å². The van der Waals surface area contributed by atoms with Crippen LogP contribution in [-0.2, 0) is 41.8 Å². The average molecular weight is 412 g/mol. The van der Waals surface area contributed by atoms with Crippen LogP contribution in [0, 0.1) is 0 Å². The van der Waals surface area contributed by atoms with E-state index in [2.05, 4.69) is 13.2 Å². The maximum atomic E-state index is 11.2. The molecule has 0 aliphatic heterocycles. The van der Waals surface area contributed by atoms with Crippen LogP contribution in [0.4, 0.5) is 0 Å². The molecular weight excluding hydrogens is 384 g/mol. The Hall–Kier alpha value is -2.46. The van der Waals surface area contributed by atoms with Crippen molar-refractivity contribution in [1.29, 1.82) is 0 Å². The number of ether oxygens (including phenoxy) is 4. The van der Waals surface area contributed by atoms with Crippen LogP contribution < -0.4 is 0 Å². The Bertz CT molecular complexity index is 635. The standard InChI is InChI=1S/C20H28O9/c1-13(2)19(23)27-9-15(21)7-25-11-17-5-6-18(29-17)12-26-8-16(22)10-28-20(24)14(3)4/h5-6,15-16,21-22H,1,3,7-12H2,2,4H3. The third-order valence-corrected chi connectivity index (χ3v) is 3.34. The quantitative estimate of drug-likeness (QED) is 0.343. The molecule has 0 aliphatic carbocycles. The first-order chi connectivity index (χ1) is 13.7. The normalized spacial score (nSPS) is 12.8. The van der Waals surface area contributed by atoms with E-state index in [0.717, 1.165) is 0 Å². The highest BCUT2D eigenvalue weighted by Crippen LogP contribution is 2.11. The Morgan fingerprint density at radius 1 is 0.862 bits per heavy atom. The van der Waals surface area contributed by atoms with Crippen molar-refractivity contribution in [2.24, 2.45) is 0 Å². The molecule has 2 unspecified atom stereocenters. The van der Waals surface area contributed by atoms with E-state index < -0.39 is 24.1 Å². The highest BCUT2D eigenvalue weighted by Gasteiger charge is 2.12. The summed E-state index contributed by atoms with van der Waals surface area (Å²) in [4.78, 5) is 22.5. The zero-order chi connectivity index (χ0) is 21.8. The maximum absolute atomic E-state index is 11.2. The van der Waals surface area contributed by atoms with E-state index in [0.29, 0.717) is 11.5 Å². The minimum Gasteiger partial charge on any atom is -0.461 e. The molecule has 1 aromatic heterocycles. The Morgan fingerprint density at radius 3 is 1.59 bits per heavy atom. The Kier molecular flexibility index (Phi) is 10.9. The summed E-state index contributed by atoms with van der Waals surface area (Å²) in [6, 6.07) is 3.38. The van der Waals surface area contributed by atoms with Crippen molar-refractivity contribution in [3.05, 3.63) is 48.0 Å². The third kappa shape index (κ3) is 10.6. The van der Waals surface area contributed by atoms with E-state index in [9.17, 15) is 19.8 Å². The summed E-state index contributed by atoms with van der Waals surface area (Å²) in [6.45, 7) is 9.70. The van der Waals surface area contributed by atoms with Crippen molar-refractivity contribution in [3.63, 3.8) is 0 Å². The minimum atomic E-state index is -0.962. The summed E-state index contributed by atoms with van der Waals surface area (Å²) in [7, 11) is 0. The van der Waals surface area contributed by atoms with Gasteiger partial charge in [0, 0.05) is 11.1 Å². The summed E-state index contributed by atoms with van der Waals surface area (Å²) < 4.78 is 25.8. The van der Waals surface area contributed by atoms with Gasteiger partial charge in [0.2, 0.25) is 0 Å². The van der Waals surface area contributed by atoms with Crippen molar-refractivity contribution in [3.8, 4) is 0 Å². The van der Waals surface area contributed by atoms with Crippen LogP contribution in [0.2, 0.25) is 0 Å². The lowest BCUT2D eigenvalue weighted by Crippen LogP contribution is -2.24. The van der Waals surface area contributed by atoms with Gasteiger partial charge in [-0.15, -0.1) is 0 Å². The highest BCUT2D eigenvalue weighted by molar-refractivity contribution is 5.87. The fourth-order valence-corrected chi connectivity index (χ4v) is 1.85. The van der Waals surface area contributed by atoms with E-state index in [1.807, 2.05) is 0 Å². The Balaban J connectivity index is 2.19. The number of aliphatic hydroxyl groups excluding tert-OH is 2. The van der Waals surface area contributed by atoms with E-state index in [4.69, 9.17) is 23.4 Å². The van der Waals surface area contributed by atoms with Crippen LogP contribution in [-0.4, -0.2) is 60.8 Å². The number of furan rings is 1. The van der Waals surface area contributed by atoms with Gasteiger partial charge in [-0.3, -0.25) is 0 Å². The molecule has 0 saturated carbocycles. The predicted octanol–water partition coefficient (Wildman–Crippen LogP) is 1.27. The van der Waals surface area contributed by atoms with Crippen molar-refractivity contribution in [2.45, 2.75) is 39.3 Å². The summed E-state index contributed by atoms with van der Waals surface area (Å²) in [5, 5.41) is 19.4. The fourth-order valence-electron chi connectivity index (χ4n) is 1.85. The minimum absolute atomic E-state index is 0.0366. The molecule has 1 rings (SSSR count). The first kappa shape index (κ1) is 24.6. The van der Waals surface area contributed by atoms with Crippen LogP contribution in [0.1, 0.15) is 25.4 Å². The molecule has 0 saturated heterocycles. The molecule has 0 fully saturated rings. The van der Waals surface area contributed by atoms with Crippen LogP contribution in [0.5, 0.6) is 0 Å². The third-order valence-electron chi connectivity index (χ3n) is 3.34. The summed E-state index contributed by atoms with van der Waals surface area (Å²) in [5.41, 5.74) is 0.507. The second-order valence-electron chi connectivity index (χ2n) is 6.46. The first-order valence-electron chi connectivity index (χ1n) is 8.93. The molecule has 1 aromatic rings. The average Bonchev–Trinajstić information content (AvgIpc) is 3.11. The van der Waals surface area contributed by atoms with Gasteiger partial charge in [-0.05, 0) is 26.0 Å².